The first-order chi connectivity index (χ1) is 13.7. The fourth-order valence-electron chi connectivity index (χ4n) is 3.66. The Hall–Kier alpha value is -3.14. The summed E-state index contributed by atoms with van der Waals surface area (Å²) in [6, 6.07) is 19.3. The molecular weight excluding hydrogens is 344 g/mol. The molecule has 0 bridgehead atoms. The van der Waals surface area contributed by atoms with Crippen LogP contribution in [-0.4, -0.2) is 29.6 Å². The van der Waals surface area contributed by atoms with E-state index in [9.17, 15) is 0 Å². The zero-order valence-electron chi connectivity index (χ0n) is 16.7. The van der Waals surface area contributed by atoms with E-state index in [1.165, 1.54) is 22.3 Å². The molecule has 3 aromatic rings. The molecule has 0 atom stereocenters. The largest absolute Gasteiger partial charge is 0.354 e. The monoisotopic (exact) mass is 370 g/mol. The highest BCUT2D eigenvalue weighted by Gasteiger charge is 2.22. The van der Waals surface area contributed by atoms with Crippen molar-refractivity contribution in [1.82, 2.24) is 9.97 Å². The van der Waals surface area contributed by atoms with Crippen LogP contribution in [0.5, 0.6) is 0 Å². The van der Waals surface area contributed by atoms with Gasteiger partial charge in [-0.3, -0.25) is 0 Å². The Kier molecular flexibility index (Phi) is 5.11. The molecule has 0 saturated heterocycles. The van der Waals surface area contributed by atoms with Gasteiger partial charge in [0.25, 0.3) is 0 Å². The first kappa shape index (κ1) is 18.2. The lowest BCUT2D eigenvalue weighted by atomic mass is 9.96. The molecule has 0 saturated carbocycles. The zero-order chi connectivity index (χ0) is 19.5. The lowest BCUT2D eigenvalue weighted by Crippen LogP contribution is -2.30. The molecule has 142 valence electrons. The maximum absolute atomic E-state index is 4.76. The Morgan fingerprint density at radius 1 is 0.893 bits per heavy atom. The summed E-state index contributed by atoms with van der Waals surface area (Å²) in [4.78, 5) is 11.7. The molecule has 0 fully saturated rings. The number of fused-ring (bicyclic) bond motifs is 1. The molecule has 1 aliphatic rings. The number of anilines is 2. The van der Waals surface area contributed by atoms with Crippen molar-refractivity contribution >= 4 is 23.4 Å². The van der Waals surface area contributed by atoms with Crippen molar-refractivity contribution < 1.29 is 0 Å². The standard InChI is InChI=1S/C24H26N4/c1-4-25-24-26-17(3)22-15-21(16-28(5-2)23(22)27-24)20-13-11-19(12-14-20)18-9-7-6-8-10-18/h6-15H,4-5,16H2,1-3H3,(H,25,26,27). The van der Waals surface area contributed by atoms with Crippen molar-refractivity contribution in [3.05, 3.63) is 71.4 Å². The van der Waals surface area contributed by atoms with Gasteiger partial charge in [0, 0.05) is 25.2 Å². The van der Waals surface area contributed by atoms with Crippen LogP contribution < -0.4 is 10.2 Å². The van der Waals surface area contributed by atoms with E-state index in [1.54, 1.807) is 0 Å². The van der Waals surface area contributed by atoms with Gasteiger partial charge >= 0.3 is 0 Å². The van der Waals surface area contributed by atoms with Crippen LogP contribution in [0.3, 0.4) is 0 Å². The van der Waals surface area contributed by atoms with Crippen molar-refractivity contribution in [3.63, 3.8) is 0 Å². The number of hydrogen-bond acceptors (Lipinski definition) is 4. The van der Waals surface area contributed by atoms with E-state index in [1.807, 2.05) is 6.07 Å². The Balaban J connectivity index is 1.70. The van der Waals surface area contributed by atoms with Crippen molar-refractivity contribution in [3.8, 4) is 11.1 Å². The molecule has 2 heterocycles. The predicted molar refractivity (Wildman–Crippen MR) is 119 cm³/mol. The van der Waals surface area contributed by atoms with Crippen LogP contribution in [0.4, 0.5) is 11.8 Å². The lowest BCUT2D eigenvalue weighted by molar-refractivity contribution is 0.868. The van der Waals surface area contributed by atoms with E-state index in [4.69, 9.17) is 4.98 Å². The molecule has 4 nitrogen and oxygen atoms in total. The average Bonchev–Trinajstić information content (AvgIpc) is 2.74. The SMILES string of the molecule is CCNc1nc(C)c2c(n1)N(CC)CC(c1ccc(-c3ccccc3)cc1)=C2. The van der Waals surface area contributed by atoms with Gasteiger partial charge in [-0.1, -0.05) is 54.6 Å². The lowest BCUT2D eigenvalue weighted by Gasteiger charge is -2.30. The van der Waals surface area contributed by atoms with Crippen LogP contribution in [0.2, 0.25) is 0 Å². The third-order valence-corrected chi connectivity index (χ3v) is 5.17. The Bertz CT molecular complexity index is 991. The minimum absolute atomic E-state index is 0.710. The zero-order valence-corrected chi connectivity index (χ0v) is 16.7. The summed E-state index contributed by atoms with van der Waals surface area (Å²) >= 11 is 0. The van der Waals surface area contributed by atoms with Crippen LogP contribution in [0.25, 0.3) is 22.8 Å². The molecule has 4 rings (SSSR count). The van der Waals surface area contributed by atoms with Gasteiger partial charge < -0.3 is 10.2 Å². The van der Waals surface area contributed by atoms with Crippen molar-refractivity contribution in [2.24, 2.45) is 0 Å². The molecular formula is C24H26N4. The third kappa shape index (κ3) is 3.50. The summed E-state index contributed by atoms with van der Waals surface area (Å²) in [5.74, 6) is 1.73. The molecule has 1 aromatic heterocycles. The molecule has 0 radical (unpaired) electrons. The molecule has 1 N–H and O–H groups in total. The highest BCUT2D eigenvalue weighted by molar-refractivity contribution is 5.91. The number of likely N-dealkylation sites (N-methyl/N-ethyl adjacent to an activating group) is 1. The second-order valence-corrected chi connectivity index (χ2v) is 7.03. The number of nitrogens with one attached hydrogen (secondary N) is 1. The molecule has 4 heteroatoms. The summed E-state index contributed by atoms with van der Waals surface area (Å²) in [6.45, 7) is 8.89. The van der Waals surface area contributed by atoms with E-state index >= 15 is 0 Å². The minimum Gasteiger partial charge on any atom is -0.354 e. The van der Waals surface area contributed by atoms with Gasteiger partial charge in [-0.15, -0.1) is 0 Å². The number of aromatic nitrogens is 2. The Morgan fingerprint density at radius 3 is 2.25 bits per heavy atom. The topological polar surface area (TPSA) is 41.1 Å². The van der Waals surface area contributed by atoms with Gasteiger partial charge in [0.1, 0.15) is 5.82 Å². The maximum Gasteiger partial charge on any atom is 0.224 e. The fourth-order valence-corrected chi connectivity index (χ4v) is 3.66. The van der Waals surface area contributed by atoms with Crippen LogP contribution in [0.15, 0.2) is 54.6 Å². The smallest absolute Gasteiger partial charge is 0.224 e. The summed E-state index contributed by atoms with van der Waals surface area (Å²) < 4.78 is 0. The molecule has 0 unspecified atom stereocenters. The van der Waals surface area contributed by atoms with E-state index < -0.39 is 0 Å². The predicted octanol–water partition coefficient (Wildman–Crippen LogP) is 5.26. The van der Waals surface area contributed by atoms with E-state index in [2.05, 4.69) is 90.6 Å². The molecule has 0 spiro atoms. The van der Waals surface area contributed by atoms with Gasteiger partial charge in [0.15, 0.2) is 0 Å². The third-order valence-electron chi connectivity index (χ3n) is 5.17. The van der Waals surface area contributed by atoms with Crippen LogP contribution in [-0.2, 0) is 0 Å². The number of benzene rings is 2. The van der Waals surface area contributed by atoms with E-state index in [-0.39, 0.29) is 0 Å². The van der Waals surface area contributed by atoms with Crippen LogP contribution in [0.1, 0.15) is 30.7 Å². The number of hydrogen-bond donors (Lipinski definition) is 1. The normalized spacial score (nSPS) is 13.1. The Morgan fingerprint density at radius 2 is 1.57 bits per heavy atom. The van der Waals surface area contributed by atoms with Gasteiger partial charge in [0.05, 0.1) is 5.69 Å². The number of rotatable bonds is 5. The highest BCUT2D eigenvalue weighted by atomic mass is 15.2. The number of aryl methyl sites for hydroxylation is 1. The first-order valence-electron chi connectivity index (χ1n) is 9.93. The average molecular weight is 370 g/mol. The van der Waals surface area contributed by atoms with Gasteiger partial charge in [-0.2, -0.15) is 4.98 Å². The molecule has 0 aliphatic carbocycles. The Labute approximate surface area is 167 Å². The summed E-state index contributed by atoms with van der Waals surface area (Å²) in [5, 5.41) is 3.24. The van der Waals surface area contributed by atoms with E-state index in [0.29, 0.717) is 5.95 Å². The summed E-state index contributed by atoms with van der Waals surface area (Å²) in [7, 11) is 0. The van der Waals surface area contributed by atoms with Gasteiger partial charge in [-0.05, 0) is 49.1 Å². The molecule has 0 amide bonds. The van der Waals surface area contributed by atoms with Crippen LogP contribution in [0, 0.1) is 6.92 Å². The minimum atomic E-state index is 0.710. The van der Waals surface area contributed by atoms with E-state index in [0.717, 1.165) is 36.7 Å². The van der Waals surface area contributed by atoms with Crippen molar-refractivity contribution in [2.75, 3.05) is 29.9 Å². The number of nitrogens with zero attached hydrogens (tertiary/aromatic N) is 3. The first-order valence-corrected chi connectivity index (χ1v) is 9.93. The van der Waals surface area contributed by atoms with Gasteiger partial charge in [-0.25, -0.2) is 4.98 Å². The van der Waals surface area contributed by atoms with Crippen molar-refractivity contribution in [2.45, 2.75) is 20.8 Å². The summed E-state index contributed by atoms with van der Waals surface area (Å²) in [6.07, 6.45) is 2.25. The molecule has 1 aliphatic heterocycles. The maximum atomic E-state index is 4.76. The van der Waals surface area contributed by atoms with Gasteiger partial charge in [0.2, 0.25) is 5.95 Å². The molecule has 2 aromatic carbocycles. The quantitative estimate of drug-likeness (QED) is 0.665. The fraction of sp³-hybridized carbons (Fsp3) is 0.250. The molecule has 28 heavy (non-hydrogen) atoms. The highest BCUT2D eigenvalue weighted by Crippen LogP contribution is 2.34. The van der Waals surface area contributed by atoms with Crippen molar-refractivity contribution in [1.29, 1.82) is 0 Å². The second-order valence-electron chi connectivity index (χ2n) is 7.03. The second kappa shape index (κ2) is 7.85. The summed E-state index contributed by atoms with van der Waals surface area (Å²) in [5.41, 5.74) is 7.17. The van der Waals surface area contributed by atoms with Crippen LogP contribution >= 0.6 is 0 Å².